The fraction of sp³-hybridized carbons (Fsp3) is 0.625. The van der Waals surface area contributed by atoms with Gasteiger partial charge in [0, 0.05) is 19.4 Å². The van der Waals surface area contributed by atoms with Crippen molar-refractivity contribution >= 4 is 0 Å². The number of ether oxygens (including phenoxy) is 3. The lowest BCUT2D eigenvalue weighted by atomic mass is 10.1. The molecule has 5 nitrogen and oxygen atoms in total. The molecule has 0 aromatic heterocycles. The maximum Gasteiger partial charge on any atom is 0.150 e. The van der Waals surface area contributed by atoms with Crippen LogP contribution >= 0.6 is 0 Å². The summed E-state index contributed by atoms with van der Waals surface area (Å²) in [7, 11) is 2.16. The van der Waals surface area contributed by atoms with Crippen molar-refractivity contribution in [3.05, 3.63) is 71.8 Å². The highest BCUT2D eigenvalue weighted by Gasteiger charge is 2.52. The number of rotatable bonds is 18. The van der Waals surface area contributed by atoms with E-state index in [4.69, 9.17) is 14.2 Å². The molecule has 3 rings (SSSR count). The Kier molecular flexibility index (Phi) is 13.1. The zero-order valence-electron chi connectivity index (χ0n) is 23.3. The molecule has 4 atom stereocenters. The Labute approximate surface area is 225 Å². The third kappa shape index (κ3) is 9.49. The lowest BCUT2D eigenvalue weighted by Crippen LogP contribution is -2.56. The number of nitrogens with zero attached hydrogens (tertiary/aromatic N) is 1. The minimum atomic E-state index is -0.629. The Morgan fingerprint density at radius 3 is 2.11 bits per heavy atom. The van der Waals surface area contributed by atoms with Crippen molar-refractivity contribution in [2.45, 2.75) is 109 Å². The molecule has 1 aliphatic carbocycles. The molecule has 5 heteroatoms. The Balaban J connectivity index is 1.76. The molecule has 1 saturated carbocycles. The molecule has 0 amide bonds. The van der Waals surface area contributed by atoms with Gasteiger partial charge in [-0.15, -0.1) is 0 Å². The highest BCUT2D eigenvalue weighted by atomic mass is 16.6. The molecule has 0 spiro atoms. The SMILES string of the molecule is CCCCCCCN(C)[C@@]1(OCC(O)CCC)C[C@H](OCc2ccccc2)C[C@@H]1OCc1ccccc1. The van der Waals surface area contributed by atoms with Crippen LogP contribution in [-0.4, -0.2) is 54.2 Å². The zero-order valence-corrected chi connectivity index (χ0v) is 23.3. The molecule has 0 radical (unpaired) electrons. The average molecular weight is 512 g/mol. The van der Waals surface area contributed by atoms with Gasteiger partial charge in [-0.3, -0.25) is 4.90 Å². The molecule has 1 fully saturated rings. The molecule has 37 heavy (non-hydrogen) atoms. The first-order chi connectivity index (χ1) is 18.1. The maximum absolute atomic E-state index is 10.6. The Hall–Kier alpha value is -1.76. The van der Waals surface area contributed by atoms with E-state index in [1.807, 2.05) is 36.4 Å². The molecule has 2 aromatic carbocycles. The van der Waals surface area contributed by atoms with Crippen LogP contribution in [0.4, 0.5) is 0 Å². The van der Waals surface area contributed by atoms with Crippen LogP contribution in [0.25, 0.3) is 0 Å². The molecule has 1 N–H and O–H groups in total. The Bertz CT molecular complexity index is 848. The van der Waals surface area contributed by atoms with Gasteiger partial charge in [-0.05, 0) is 31.0 Å². The topological polar surface area (TPSA) is 51.2 Å². The minimum absolute atomic E-state index is 0.0202. The second-order valence-electron chi connectivity index (χ2n) is 10.6. The summed E-state index contributed by atoms with van der Waals surface area (Å²) in [5.74, 6) is 0. The lowest BCUT2D eigenvalue weighted by molar-refractivity contribution is -0.221. The third-order valence-electron chi connectivity index (χ3n) is 7.51. The number of likely N-dealkylation sites (N-methyl/N-ethyl adjacent to an activating group) is 1. The number of aliphatic hydroxyl groups excluding tert-OH is 1. The maximum atomic E-state index is 10.6. The molecule has 0 saturated heterocycles. The summed E-state index contributed by atoms with van der Waals surface area (Å²) in [5, 5.41) is 10.6. The standard InChI is InChI=1S/C32H49NO4/c1-4-6-7-8-15-21-33(3)32(37-26-29(34)16-5-2)23-30(35-24-27-17-11-9-12-18-27)22-31(32)36-25-28-19-13-10-14-20-28/h9-14,17-20,29-31,34H,4-8,15-16,21-26H2,1-3H3/t29?,30-,31+,32-/m1/s1. The molecule has 0 heterocycles. The van der Waals surface area contributed by atoms with Gasteiger partial charge in [0.05, 0.1) is 32.0 Å². The summed E-state index contributed by atoms with van der Waals surface area (Å²) in [6.45, 7) is 6.69. The molecule has 2 aromatic rings. The van der Waals surface area contributed by atoms with Crippen molar-refractivity contribution < 1.29 is 19.3 Å². The number of hydrogen-bond donors (Lipinski definition) is 1. The quantitative estimate of drug-likeness (QED) is 0.178. The normalized spacial score (nSPS) is 22.5. The smallest absolute Gasteiger partial charge is 0.150 e. The Morgan fingerprint density at radius 2 is 1.49 bits per heavy atom. The molecule has 206 valence electrons. The predicted molar refractivity (Wildman–Crippen MR) is 150 cm³/mol. The van der Waals surface area contributed by atoms with Gasteiger partial charge in [-0.1, -0.05) is 107 Å². The largest absolute Gasteiger partial charge is 0.391 e. The highest BCUT2D eigenvalue weighted by Crippen LogP contribution is 2.41. The van der Waals surface area contributed by atoms with E-state index in [9.17, 15) is 5.11 Å². The van der Waals surface area contributed by atoms with E-state index >= 15 is 0 Å². The van der Waals surface area contributed by atoms with E-state index in [2.05, 4.69) is 50.1 Å². The fourth-order valence-electron chi connectivity index (χ4n) is 5.31. The number of unbranched alkanes of at least 4 members (excludes halogenated alkanes) is 4. The van der Waals surface area contributed by atoms with Crippen molar-refractivity contribution in [3.63, 3.8) is 0 Å². The van der Waals surface area contributed by atoms with Gasteiger partial charge in [0.15, 0.2) is 5.72 Å². The molecule has 0 bridgehead atoms. The van der Waals surface area contributed by atoms with Crippen LogP contribution < -0.4 is 0 Å². The second-order valence-corrected chi connectivity index (χ2v) is 10.6. The van der Waals surface area contributed by atoms with Crippen LogP contribution in [-0.2, 0) is 27.4 Å². The van der Waals surface area contributed by atoms with E-state index in [1.54, 1.807) is 0 Å². The van der Waals surface area contributed by atoms with Crippen LogP contribution in [0.15, 0.2) is 60.7 Å². The van der Waals surface area contributed by atoms with E-state index in [1.165, 1.54) is 31.2 Å². The van der Waals surface area contributed by atoms with Gasteiger partial charge in [0.1, 0.15) is 6.10 Å². The lowest BCUT2D eigenvalue weighted by Gasteiger charge is -2.43. The van der Waals surface area contributed by atoms with E-state index < -0.39 is 11.8 Å². The molecule has 1 aliphatic rings. The summed E-state index contributed by atoms with van der Waals surface area (Å²) in [4.78, 5) is 2.35. The summed E-state index contributed by atoms with van der Waals surface area (Å²) in [6.07, 6.45) is 8.70. The zero-order chi connectivity index (χ0) is 26.3. The van der Waals surface area contributed by atoms with E-state index in [0.717, 1.165) is 44.2 Å². The molecule has 0 aliphatic heterocycles. The van der Waals surface area contributed by atoms with Crippen molar-refractivity contribution in [2.75, 3.05) is 20.2 Å². The van der Waals surface area contributed by atoms with Crippen LogP contribution in [0.2, 0.25) is 0 Å². The van der Waals surface area contributed by atoms with Crippen molar-refractivity contribution in [3.8, 4) is 0 Å². The Morgan fingerprint density at radius 1 is 0.865 bits per heavy atom. The number of aliphatic hydroxyl groups is 1. The van der Waals surface area contributed by atoms with Gasteiger partial charge in [0.25, 0.3) is 0 Å². The minimum Gasteiger partial charge on any atom is -0.391 e. The monoisotopic (exact) mass is 511 g/mol. The van der Waals surface area contributed by atoms with Crippen molar-refractivity contribution in [2.24, 2.45) is 0 Å². The van der Waals surface area contributed by atoms with Crippen molar-refractivity contribution in [1.82, 2.24) is 4.90 Å². The fourth-order valence-corrected chi connectivity index (χ4v) is 5.31. The molecular weight excluding hydrogens is 462 g/mol. The van der Waals surface area contributed by atoms with E-state index in [0.29, 0.717) is 19.8 Å². The number of benzene rings is 2. The van der Waals surface area contributed by atoms with Crippen LogP contribution in [0.1, 0.15) is 82.8 Å². The first-order valence-corrected chi connectivity index (χ1v) is 14.4. The average Bonchev–Trinajstić information content (AvgIpc) is 3.29. The summed E-state index contributed by atoms with van der Waals surface area (Å²) >= 11 is 0. The number of hydrogen-bond acceptors (Lipinski definition) is 5. The van der Waals surface area contributed by atoms with Gasteiger partial charge in [-0.25, -0.2) is 0 Å². The molecular formula is C32H49NO4. The predicted octanol–water partition coefficient (Wildman–Crippen LogP) is 6.73. The van der Waals surface area contributed by atoms with Crippen LogP contribution in [0.3, 0.4) is 0 Å². The highest BCUT2D eigenvalue weighted by molar-refractivity contribution is 5.15. The summed E-state index contributed by atoms with van der Waals surface area (Å²) in [5.41, 5.74) is 1.69. The first kappa shape index (κ1) is 29.8. The van der Waals surface area contributed by atoms with Gasteiger partial charge >= 0.3 is 0 Å². The summed E-state index contributed by atoms with van der Waals surface area (Å²) < 4.78 is 19.8. The second kappa shape index (κ2) is 16.3. The van der Waals surface area contributed by atoms with Gasteiger partial charge in [-0.2, -0.15) is 0 Å². The third-order valence-corrected chi connectivity index (χ3v) is 7.51. The van der Waals surface area contributed by atoms with Crippen LogP contribution in [0.5, 0.6) is 0 Å². The van der Waals surface area contributed by atoms with Crippen LogP contribution in [0, 0.1) is 0 Å². The summed E-state index contributed by atoms with van der Waals surface area (Å²) in [6, 6.07) is 20.7. The van der Waals surface area contributed by atoms with Gasteiger partial charge in [0.2, 0.25) is 0 Å². The molecule has 1 unspecified atom stereocenters. The van der Waals surface area contributed by atoms with E-state index in [-0.39, 0.29) is 12.2 Å². The van der Waals surface area contributed by atoms with Crippen molar-refractivity contribution in [1.29, 1.82) is 0 Å². The first-order valence-electron chi connectivity index (χ1n) is 14.4. The van der Waals surface area contributed by atoms with Gasteiger partial charge < -0.3 is 19.3 Å².